The highest BCUT2D eigenvalue weighted by Crippen LogP contribution is 2.49. The molecule has 0 amide bonds. The number of nitrogens with one attached hydrogen (secondary N) is 1. The van der Waals surface area contributed by atoms with Crippen LogP contribution in [0.25, 0.3) is 0 Å². The molecule has 2 aliphatic carbocycles. The summed E-state index contributed by atoms with van der Waals surface area (Å²) in [5.41, 5.74) is 7.32. The molecule has 1 aromatic carbocycles. The van der Waals surface area contributed by atoms with Gasteiger partial charge in [-0.05, 0) is 61.6 Å². The lowest BCUT2D eigenvalue weighted by atomic mass is 9.98. The highest BCUT2D eigenvalue weighted by atomic mass is 32.2. The van der Waals surface area contributed by atoms with Gasteiger partial charge in [0, 0.05) is 12.8 Å². The van der Waals surface area contributed by atoms with E-state index in [1.165, 1.54) is 31.9 Å². The topological polar surface area (TPSA) is 72.2 Å². The van der Waals surface area contributed by atoms with E-state index in [1.807, 2.05) is 0 Å². The molecule has 1 aromatic rings. The predicted octanol–water partition coefficient (Wildman–Crippen LogP) is 2.52. The van der Waals surface area contributed by atoms with Crippen LogP contribution in [0, 0.1) is 17.8 Å². The van der Waals surface area contributed by atoms with E-state index in [0.717, 1.165) is 30.0 Å². The summed E-state index contributed by atoms with van der Waals surface area (Å²) in [6.45, 7) is 0.956. The molecule has 0 spiro atoms. The van der Waals surface area contributed by atoms with Crippen LogP contribution in [0.2, 0.25) is 0 Å². The van der Waals surface area contributed by atoms with Crippen molar-refractivity contribution >= 4 is 21.2 Å². The van der Waals surface area contributed by atoms with Gasteiger partial charge in [0.25, 0.3) is 0 Å². The summed E-state index contributed by atoms with van der Waals surface area (Å²) in [5.74, 6) is 2.56. The Hall–Kier alpha value is -1.23. The minimum Gasteiger partial charge on any atom is -0.397 e. The Bertz CT molecular complexity index is 592. The number of benzene rings is 1. The van der Waals surface area contributed by atoms with Crippen LogP contribution in [-0.2, 0) is 9.84 Å². The Kier molecular flexibility index (Phi) is 3.40. The molecule has 3 rings (SSSR count). The third kappa shape index (κ3) is 3.08. The fourth-order valence-electron chi connectivity index (χ4n) is 2.93. The van der Waals surface area contributed by atoms with Crippen molar-refractivity contribution in [2.45, 2.75) is 30.6 Å². The lowest BCUT2D eigenvalue weighted by Crippen LogP contribution is -2.18. The van der Waals surface area contributed by atoms with Gasteiger partial charge in [0.15, 0.2) is 9.84 Å². The zero-order chi connectivity index (χ0) is 14.3. The molecule has 0 atom stereocenters. The average Bonchev–Trinajstić information content (AvgIpc) is 3.24. The van der Waals surface area contributed by atoms with Crippen LogP contribution in [0.1, 0.15) is 25.7 Å². The van der Waals surface area contributed by atoms with Crippen LogP contribution in [0.5, 0.6) is 0 Å². The molecule has 0 unspecified atom stereocenters. The Labute approximate surface area is 120 Å². The van der Waals surface area contributed by atoms with Crippen LogP contribution in [0.15, 0.2) is 23.1 Å². The number of nitrogens with two attached hydrogens (primary N) is 1. The quantitative estimate of drug-likeness (QED) is 0.791. The van der Waals surface area contributed by atoms with E-state index >= 15 is 0 Å². The van der Waals surface area contributed by atoms with Crippen LogP contribution in [0.3, 0.4) is 0 Å². The van der Waals surface area contributed by atoms with Gasteiger partial charge in [0.05, 0.1) is 16.3 Å². The molecule has 0 aromatic heterocycles. The Morgan fingerprint density at radius 2 is 1.85 bits per heavy atom. The second kappa shape index (κ2) is 4.95. The van der Waals surface area contributed by atoms with Crippen molar-refractivity contribution in [3.05, 3.63) is 18.2 Å². The smallest absolute Gasteiger partial charge is 0.175 e. The van der Waals surface area contributed by atoms with Crippen molar-refractivity contribution in [1.82, 2.24) is 0 Å². The molecule has 0 radical (unpaired) electrons. The first-order valence-electron chi connectivity index (χ1n) is 7.28. The number of sulfone groups is 1. The lowest BCUT2D eigenvalue weighted by molar-refractivity contribution is 0.428. The minimum absolute atomic E-state index is 0.279. The van der Waals surface area contributed by atoms with Crippen LogP contribution in [0.4, 0.5) is 11.4 Å². The normalized spacial score (nSPS) is 19.3. The maximum atomic E-state index is 11.5. The molecular weight excluding hydrogens is 272 g/mol. The average molecular weight is 294 g/mol. The van der Waals surface area contributed by atoms with Crippen LogP contribution in [-0.4, -0.2) is 21.2 Å². The number of hydrogen-bond acceptors (Lipinski definition) is 4. The molecule has 2 saturated carbocycles. The largest absolute Gasteiger partial charge is 0.397 e. The zero-order valence-electron chi connectivity index (χ0n) is 11.8. The van der Waals surface area contributed by atoms with Gasteiger partial charge in [-0.1, -0.05) is 0 Å². The first-order chi connectivity index (χ1) is 9.45. The summed E-state index contributed by atoms with van der Waals surface area (Å²) in [6, 6.07) is 4.95. The lowest BCUT2D eigenvalue weighted by Gasteiger charge is -2.18. The number of rotatable bonds is 6. The SMILES string of the molecule is CS(=O)(=O)c1ccc(NCC(C2CC2)C2CC2)c(N)c1. The van der Waals surface area contributed by atoms with Crippen molar-refractivity contribution in [2.24, 2.45) is 17.8 Å². The molecule has 5 heteroatoms. The highest BCUT2D eigenvalue weighted by molar-refractivity contribution is 7.90. The fraction of sp³-hybridized carbons (Fsp3) is 0.600. The van der Waals surface area contributed by atoms with Crippen molar-refractivity contribution in [3.63, 3.8) is 0 Å². The summed E-state index contributed by atoms with van der Waals surface area (Å²) in [6.07, 6.45) is 6.67. The summed E-state index contributed by atoms with van der Waals surface area (Å²) in [5, 5.41) is 3.41. The van der Waals surface area contributed by atoms with E-state index in [-0.39, 0.29) is 4.90 Å². The maximum Gasteiger partial charge on any atom is 0.175 e. The van der Waals surface area contributed by atoms with E-state index in [4.69, 9.17) is 5.73 Å². The molecule has 0 saturated heterocycles. The molecule has 110 valence electrons. The van der Waals surface area contributed by atoms with Crippen molar-refractivity contribution in [3.8, 4) is 0 Å². The highest BCUT2D eigenvalue weighted by Gasteiger charge is 2.41. The van der Waals surface area contributed by atoms with Crippen LogP contribution >= 0.6 is 0 Å². The Morgan fingerprint density at radius 1 is 1.25 bits per heavy atom. The summed E-state index contributed by atoms with van der Waals surface area (Å²) < 4.78 is 23.0. The predicted molar refractivity (Wildman–Crippen MR) is 81.4 cm³/mol. The monoisotopic (exact) mass is 294 g/mol. The summed E-state index contributed by atoms with van der Waals surface area (Å²) in [4.78, 5) is 0.279. The molecule has 0 bridgehead atoms. The molecule has 0 aliphatic heterocycles. The van der Waals surface area contributed by atoms with Gasteiger partial charge in [0.2, 0.25) is 0 Å². The fourth-order valence-corrected chi connectivity index (χ4v) is 3.58. The van der Waals surface area contributed by atoms with E-state index < -0.39 is 9.84 Å². The first kappa shape index (κ1) is 13.7. The van der Waals surface area contributed by atoms with Crippen molar-refractivity contribution in [2.75, 3.05) is 23.9 Å². The molecule has 20 heavy (non-hydrogen) atoms. The van der Waals surface area contributed by atoms with Gasteiger partial charge in [-0.2, -0.15) is 0 Å². The summed E-state index contributed by atoms with van der Waals surface area (Å²) >= 11 is 0. The zero-order valence-corrected chi connectivity index (χ0v) is 12.6. The minimum atomic E-state index is -3.19. The van der Waals surface area contributed by atoms with Crippen molar-refractivity contribution < 1.29 is 8.42 Å². The Balaban J connectivity index is 1.68. The second-order valence-corrected chi connectivity index (χ2v) is 8.26. The van der Waals surface area contributed by atoms with E-state index in [0.29, 0.717) is 5.69 Å². The van der Waals surface area contributed by atoms with Gasteiger partial charge >= 0.3 is 0 Å². The standard InChI is InChI=1S/C15H22N2O2S/c1-20(18,19)12-6-7-15(14(16)8-12)17-9-13(10-2-3-10)11-4-5-11/h6-8,10-11,13,17H,2-5,9,16H2,1H3. The number of anilines is 2. The van der Waals surface area contributed by atoms with Gasteiger partial charge in [-0.15, -0.1) is 0 Å². The van der Waals surface area contributed by atoms with E-state index in [1.54, 1.807) is 18.2 Å². The van der Waals surface area contributed by atoms with Gasteiger partial charge in [-0.3, -0.25) is 0 Å². The molecule has 4 nitrogen and oxygen atoms in total. The maximum absolute atomic E-state index is 11.5. The van der Waals surface area contributed by atoms with Gasteiger partial charge in [-0.25, -0.2) is 8.42 Å². The van der Waals surface area contributed by atoms with Gasteiger partial charge < -0.3 is 11.1 Å². The van der Waals surface area contributed by atoms with E-state index in [2.05, 4.69) is 5.32 Å². The Morgan fingerprint density at radius 3 is 2.30 bits per heavy atom. The number of hydrogen-bond donors (Lipinski definition) is 2. The van der Waals surface area contributed by atoms with Gasteiger partial charge in [0.1, 0.15) is 0 Å². The third-order valence-electron chi connectivity index (χ3n) is 4.43. The van der Waals surface area contributed by atoms with Crippen molar-refractivity contribution in [1.29, 1.82) is 0 Å². The molecule has 2 aliphatic rings. The van der Waals surface area contributed by atoms with Crippen LogP contribution < -0.4 is 11.1 Å². The van der Waals surface area contributed by atoms with E-state index in [9.17, 15) is 8.42 Å². The molecule has 3 N–H and O–H groups in total. The summed E-state index contributed by atoms with van der Waals surface area (Å²) in [7, 11) is -3.19. The molecule has 2 fully saturated rings. The molecular formula is C15H22N2O2S. The third-order valence-corrected chi connectivity index (χ3v) is 5.54. The second-order valence-electron chi connectivity index (χ2n) is 6.24. The number of nitrogen functional groups attached to an aromatic ring is 1. The first-order valence-corrected chi connectivity index (χ1v) is 9.18. The molecule has 0 heterocycles.